The van der Waals surface area contributed by atoms with E-state index in [4.69, 9.17) is 17.5 Å². The molecule has 0 aliphatic carbocycles. The Bertz CT molecular complexity index is 1010. The Hall–Kier alpha value is -2.10. The van der Waals surface area contributed by atoms with E-state index in [1.165, 1.54) is 0 Å². The Kier molecular flexibility index (Phi) is 2.07. The number of benzene rings is 1. The molecule has 2 heterocycles. The number of hydrogen-bond donors (Lipinski definition) is 0. The molecule has 0 spiro atoms. The van der Waals surface area contributed by atoms with Crippen molar-refractivity contribution in [2.24, 2.45) is 0 Å². The van der Waals surface area contributed by atoms with Gasteiger partial charge in [-0.1, -0.05) is 6.04 Å². The van der Waals surface area contributed by atoms with Crippen LogP contribution in [0.3, 0.4) is 0 Å². The lowest BCUT2D eigenvalue weighted by Crippen LogP contribution is -2.41. The molecule has 0 saturated carbocycles. The standard InChI is InChI=1S/C16H18BN3O2/c1-15(2)16(3,4)22-17(21-15)14-8-9-20(19-14)13-7-5-6-12(10-13)11-18/h5-10H,1-4H3/i5D,6D,7D,8D,9D,10D. The van der Waals surface area contributed by atoms with Crippen LogP contribution in [0, 0.1) is 11.3 Å². The number of nitriles is 1. The molecule has 112 valence electrons. The quantitative estimate of drug-likeness (QED) is 0.797. The fraction of sp³-hybridized carbons (Fsp3) is 0.375. The first kappa shape index (κ1) is 9.14. The molecule has 2 aromatic rings. The molecule has 1 fully saturated rings. The fourth-order valence-electron chi connectivity index (χ4n) is 1.93. The molecule has 1 aromatic heterocycles. The van der Waals surface area contributed by atoms with Gasteiger partial charge in [0, 0.05) is 6.17 Å². The van der Waals surface area contributed by atoms with Crippen molar-refractivity contribution in [3.8, 4) is 11.8 Å². The van der Waals surface area contributed by atoms with E-state index in [9.17, 15) is 5.26 Å². The SMILES string of the molecule is [2H]c1c([2H])c(C#N)c([2H])c(-n2nc(B3OC(C)(C)C(C)(C)O3)c([2H])c2[2H])c1[2H]. The monoisotopic (exact) mass is 301 g/mol. The second kappa shape index (κ2) is 4.97. The van der Waals surface area contributed by atoms with Gasteiger partial charge in [0.15, 0.2) is 0 Å². The highest BCUT2D eigenvalue weighted by molar-refractivity contribution is 6.61. The second-order valence-corrected chi connectivity index (χ2v) is 5.96. The molecular formula is C16H18BN3O2. The lowest BCUT2D eigenvalue weighted by Gasteiger charge is -2.32. The summed E-state index contributed by atoms with van der Waals surface area (Å²) in [6, 6.07) is -0.729. The second-order valence-electron chi connectivity index (χ2n) is 5.96. The van der Waals surface area contributed by atoms with Crippen molar-refractivity contribution in [3.05, 3.63) is 41.9 Å². The van der Waals surface area contributed by atoms with Gasteiger partial charge in [-0.2, -0.15) is 10.4 Å². The zero-order chi connectivity index (χ0) is 21.2. The molecule has 1 aromatic carbocycles. The molecule has 1 aliphatic rings. The summed E-state index contributed by atoms with van der Waals surface area (Å²) in [5, 5.41) is 13.4. The van der Waals surface area contributed by atoms with E-state index in [1.54, 1.807) is 6.07 Å². The van der Waals surface area contributed by atoms with Crippen molar-refractivity contribution in [1.29, 1.82) is 5.26 Å². The van der Waals surface area contributed by atoms with Crippen molar-refractivity contribution in [2.45, 2.75) is 38.9 Å². The first-order valence-corrected chi connectivity index (χ1v) is 6.76. The zero-order valence-electron chi connectivity index (χ0n) is 18.7. The molecule has 0 N–H and O–H groups in total. The topological polar surface area (TPSA) is 60.1 Å². The van der Waals surface area contributed by atoms with Crippen LogP contribution in [0.2, 0.25) is 0 Å². The van der Waals surface area contributed by atoms with Gasteiger partial charge >= 0.3 is 7.12 Å². The smallest absolute Gasteiger partial charge is 0.398 e. The minimum atomic E-state index is -1.02. The van der Waals surface area contributed by atoms with Crippen LogP contribution in [0.15, 0.2) is 36.4 Å². The first-order valence-electron chi connectivity index (χ1n) is 9.76. The van der Waals surface area contributed by atoms with Gasteiger partial charge in [-0.05, 0) is 51.9 Å². The van der Waals surface area contributed by atoms with Crippen molar-refractivity contribution in [2.75, 3.05) is 0 Å². The summed E-state index contributed by atoms with van der Waals surface area (Å²) in [4.78, 5) is 0. The molecule has 5 nitrogen and oxygen atoms in total. The normalized spacial score (nSPS) is 23.0. The lowest BCUT2D eigenvalue weighted by molar-refractivity contribution is 0.00578. The molecule has 0 bridgehead atoms. The van der Waals surface area contributed by atoms with E-state index < -0.39 is 54.2 Å². The average Bonchev–Trinajstić information content (AvgIpc) is 3.00. The molecule has 1 saturated heterocycles. The Balaban J connectivity index is 2.20. The number of aromatic nitrogens is 2. The van der Waals surface area contributed by atoms with Crippen LogP contribution in [0.4, 0.5) is 0 Å². The maximum Gasteiger partial charge on any atom is 0.516 e. The summed E-state index contributed by atoms with van der Waals surface area (Å²) in [5.74, 6) is 0. The molecule has 0 atom stereocenters. The molecular weight excluding hydrogens is 277 g/mol. The largest absolute Gasteiger partial charge is 0.516 e. The Morgan fingerprint density at radius 1 is 1.23 bits per heavy atom. The van der Waals surface area contributed by atoms with Crippen LogP contribution in [0.1, 0.15) is 41.5 Å². The van der Waals surface area contributed by atoms with Gasteiger partial charge in [0.05, 0.1) is 42.3 Å². The van der Waals surface area contributed by atoms with Gasteiger partial charge < -0.3 is 9.31 Å². The van der Waals surface area contributed by atoms with Gasteiger partial charge in [-0.3, -0.25) is 0 Å². The third-order valence-electron chi connectivity index (χ3n) is 3.91. The summed E-state index contributed by atoms with van der Waals surface area (Å²) >= 11 is 0. The van der Waals surface area contributed by atoms with E-state index in [2.05, 4.69) is 5.10 Å². The highest BCUT2D eigenvalue weighted by Crippen LogP contribution is 2.36. The van der Waals surface area contributed by atoms with Gasteiger partial charge in [0.25, 0.3) is 0 Å². The Labute approximate surface area is 139 Å². The van der Waals surface area contributed by atoms with Gasteiger partial charge in [0.2, 0.25) is 0 Å². The molecule has 0 radical (unpaired) electrons. The summed E-state index contributed by atoms with van der Waals surface area (Å²) in [6.07, 6.45) is -0.437. The van der Waals surface area contributed by atoms with E-state index in [-0.39, 0.29) is 17.3 Å². The third kappa shape index (κ3) is 2.43. The number of rotatable bonds is 2. The molecule has 6 heteroatoms. The molecule has 3 rings (SSSR count). The fourth-order valence-corrected chi connectivity index (χ4v) is 1.93. The predicted molar refractivity (Wildman–Crippen MR) is 84.0 cm³/mol. The minimum absolute atomic E-state index is 0.00226. The minimum Gasteiger partial charge on any atom is -0.398 e. The van der Waals surface area contributed by atoms with Crippen molar-refractivity contribution in [3.63, 3.8) is 0 Å². The maximum absolute atomic E-state index is 9.21. The van der Waals surface area contributed by atoms with Crippen LogP contribution in [0.25, 0.3) is 5.69 Å². The molecule has 0 amide bonds. The zero-order valence-corrected chi connectivity index (χ0v) is 12.7. The van der Waals surface area contributed by atoms with Crippen molar-refractivity contribution < 1.29 is 17.5 Å². The van der Waals surface area contributed by atoms with E-state index in [0.29, 0.717) is 0 Å². The van der Waals surface area contributed by atoms with Gasteiger partial charge in [-0.25, -0.2) is 4.68 Å². The van der Waals surface area contributed by atoms with E-state index >= 15 is 0 Å². The summed E-state index contributed by atoms with van der Waals surface area (Å²) < 4.78 is 60.9. The van der Waals surface area contributed by atoms with E-state index in [1.807, 2.05) is 27.7 Å². The van der Waals surface area contributed by atoms with Crippen molar-refractivity contribution >= 4 is 12.7 Å². The molecule has 0 unspecified atom stereocenters. The third-order valence-corrected chi connectivity index (χ3v) is 3.91. The Morgan fingerprint density at radius 2 is 1.91 bits per heavy atom. The van der Waals surface area contributed by atoms with Crippen LogP contribution in [0.5, 0.6) is 0 Å². The lowest BCUT2D eigenvalue weighted by atomic mass is 9.85. The highest BCUT2D eigenvalue weighted by atomic mass is 16.7. The highest BCUT2D eigenvalue weighted by Gasteiger charge is 2.52. The van der Waals surface area contributed by atoms with E-state index in [0.717, 1.165) is 4.68 Å². The molecule has 22 heavy (non-hydrogen) atoms. The Morgan fingerprint density at radius 3 is 2.55 bits per heavy atom. The van der Waals surface area contributed by atoms with Crippen LogP contribution < -0.4 is 5.59 Å². The number of nitrogens with zero attached hydrogens (tertiary/aromatic N) is 3. The average molecular weight is 301 g/mol. The van der Waals surface area contributed by atoms with Crippen LogP contribution in [-0.2, 0) is 9.31 Å². The van der Waals surface area contributed by atoms with Crippen molar-refractivity contribution in [1.82, 2.24) is 9.78 Å². The van der Waals surface area contributed by atoms with Gasteiger partial charge in [0.1, 0.15) is 0 Å². The summed E-state index contributed by atoms with van der Waals surface area (Å²) in [5.41, 5.74) is -2.07. The summed E-state index contributed by atoms with van der Waals surface area (Å²) in [6.45, 7) is 7.32. The first-order chi connectivity index (χ1) is 12.8. The van der Waals surface area contributed by atoms with Crippen LogP contribution in [-0.4, -0.2) is 28.1 Å². The molecule has 1 aliphatic heterocycles. The number of hydrogen-bond acceptors (Lipinski definition) is 4. The van der Waals surface area contributed by atoms with Gasteiger partial charge in [-0.15, -0.1) is 0 Å². The maximum atomic E-state index is 9.21. The van der Waals surface area contributed by atoms with Crippen LogP contribution >= 0.6 is 0 Å². The summed E-state index contributed by atoms with van der Waals surface area (Å²) in [7, 11) is -1.02. The predicted octanol–water partition coefficient (Wildman–Crippen LogP) is 2.04.